The first-order valence-electron chi connectivity index (χ1n) is 6.77. The molecule has 0 fully saturated rings. The summed E-state index contributed by atoms with van der Waals surface area (Å²) in [6.07, 6.45) is 1.46. The van der Waals surface area contributed by atoms with Crippen LogP contribution >= 0.6 is 34.2 Å². The lowest BCUT2D eigenvalue weighted by atomic mass is 10.3. The van der Waals surface area contributed by atoms with Gasteiger partial charge in [-0.05, 0) is 71.1 Å². The third kappa shape index (κ3) is 4.02. The van der Waals surface area contributed by atoms with Gasteiger partial charge in [-0.2, -0.15) is 0 Å². The number of hydrogen-bond donors (Lipinski definition) is 3. The number of nitrogens with zero attached hydrogens (tertiary/aromatic N) is 2. The molecule has 3 aromatic rings. The molecule has 0 spiro atoms. The molecule has 7 heteroatoms. The molecular weight excluding hydrogens is 425 g/mol. The van der Waals surface area contributed by atoms with Gasteiger partial charge in [-0.15, -0.1) is 0 Å². The number of nitrogen functional groups attached to an aromatic ring is 1. The lowest BCUT2D eigenvalue weighted by Crippen LogP contribution is -2.05. The zero-order valence-electron chi connectivity index (χ0n) is 11.9. The monoisotopic (exact) mass is 437 g/mol. The lowest BCUT2D eigenvalue weighted by Gasteiger charge is -2.12. The third-order valence-electron chi connectivity index (χ3n) is 3.10. The quantitative estimate of drug-likeness (QED) is 0.511. The van der Waals surface area contributed by atoms with Crippen molar-refractivity contribution < 1.29 is 0 Å². The summed E-state index contributed by atoms with van der Waals surface area (Å²) in [5.41, 5.74) is 8.36. The normalized spacial score (nSPS) is 10.3. The maximum Gasteiger partial charge on any atom is 0.159 e. The number of anilines is 5. The molecule has 5 nitrogen and oxygen atoms in total. The van der Waals surface area contributed by atoms with E-state index in [2.05, 4.69) is 43.2 Å². The number of halogens is 2. The van der Waals surface area contributed by atoms with E-state index in [1.807, 2.05) is 36.4 Å². The summed E-state index contributed by atoms with van der Waals surface area (Å²) in [5, 5.41) is 7.03. The van der Waals surface area contributed by atoms with Gasteiger partial charge in [0, 0.05) is 20.0 Å². The molecule has 3 rings (SSSR count). The molecule has 0 atom stereocenters. The third-order valence-corrected chi connectivity index (χ3v) is 4.07. The van der Waals surface area contributed by atoms with Crippen molar-refractivity contribution in [1.29, 1.82) is 0 Å². The zero-order valence-corrected chi connectivity index (χ0v) is 14.8. The van der Waals surface area contributed by atoms with E-state index in [-0.39, 0.29) is 0 Å². The van der Waals surface area contributed by atoms with Crippen LogP contribution in [0.15, 0.2) is 54.9 Å². The van der Waals surface area contributed by atoms with Crippen LogP contribution in [-0.4, -0.2) is 9.97 Å². The SMILES string of the molecule is Nc1c(Nc2ccc(Cl)cc2)ncnc1Nc1ccc(I)cc1. The molecule has 1 heterocycles. The Morgan fingerprint density at radius 1 is 0.826 bits per heavy atom. The number of rotatable bonds is 4. The summed E-state index contributed by atoms with van der Waals surface area (Å²) < 4.78 is 1.16. The molecule has 0 aliphatic carbocycles. The van der Waals surface area contributed by atoms with Crippen LogP contribution in [0.2, 0.25) is 5.02 Å². The zero-order chi connectivity index (χ0) is 16.2. The average Bonchev–Trinajstić information content (AvgIpc) is 2.55. The number of benzene rings is 2. The summed E-state index contributed by atoms with van der Waals surface area (Å²) >= 11 is 8.14. The van der Waals surface area contributed by atoms with E-state index < -0.39 is 0 Å². The van der Waals surface area contributed by atoms with Crippen LogP contribution in [0.4, 0.5) is 28.7 Å². The van der Waals surface area contributed by atoms with E-state index >= 15 is 0 Å². The fourth-order valence-electron chi connectivity index (χ4n) is 1.93. The van der Waals surface area contributed by atoms with Gasteiger partial charge in [0.15, 0.2) is 11.6 Å². The molecule has 0 aliphatic heterocycles. The number of nitrogens with one attached hydrogen (secondary N) is 2. The van der Waals surface area contributed by atoms with Crippen molar-refractivity contribution in [3.8, 4) is 0 Å². The smallest absolute Gasteiger partial charge is 0.159 e. The van der Waals surface area contributed by atoms with Crippen LogP contribution in [-0.2, 0) is 0 Å². The molecule has 2 aromatic carbocycles. The van der Waals surface area contributed by atoms with Gasteiger partial charge in [0.1, 0.15) is 12.0 Å². The Bertz CT molecular complexity index is 740. The van der Waals surface area contributed by atoms with Gasteiger partial charge in [0.05, 0.1) is 0 Å². The van der Waals surface area contributed by atoms with Crippen LogP contribution in [0.1, 0.15) is 0 Å². The number of aromatic nitrogens is 2. The molecule has 1 aromatic heterocycles. The molecular formula is C16H13ClIN5. The van der Waals surface area contributed by atoms with E-state index in [0.717, 1.165) is 14.9 Å². The minimum atomic E-state index is 0.445. The van der Waals surface area contributed by atoms with Crippen molar-refractivity contribution in [2.24, 2.45) is 0 Å². The molecule has 4 N–H and O–H groups in total. The molecule has 23 heavy (non-hydrogen) atoms. The molecule has 0 unspecified atom stereocenters. The van der Waals surface area contributed by atoms with Gasteiger partial charge in [0.2, 0.25) is 0 Å². The number of nitrogens with two attached hydrogens (primary N) is 1. The maximum absolute atomic E-state index is 6.16. The molecule has 0 bridgehead atoms. The Hall–Kier alpha value is -2.06. The average molecular weight is 438 g/mol. The van der Waals surface area contributed by atoms with Crippen molar-refractivity contribution in [2.75, 3.05) is 16.4 Å². The van der Waals surface area contributed by atoms with Crippen molar-refractivity contribution in [3.05, 3.63) is 63.5 Å². The van der Waals surface area contributed by atoms with Crippen molar-refractivity contribution in [1.82, 2.24) is 9.97 Å². The van der Waals surface area contributed by atoms with Crippen LogP contribution in [0.25, 0.3) is 0 Å². The highest BCUT2D eigenvalue weighted by molar-refractivity contribution is 14.1. The predicted molar refractivity (Wildman–Crippen MR) is 104 cm³/mol. The molecule has 0 saturated carbocycles. The fraction of sp³-hybridized carbons (Fsp3) is 0. The topological polar surface area (TPSA) is 75.9 Å². The largest absolute Gasteiger partial charge is 0.393 e. The van der Waals surface area contributed by atoms with Crippen LogP contribution < -0.4 is 16.4 Å². The van der Waals surface area contributed by atoms with E-state index in [9.17, 15) is 0 Å². The van der Waals surface area contributed by atoms with Crippen molar-refractivity contribution >= 4 is 62.9 Å². The van der Waals surface area contributed by atoms with Gasteiger partial charge in [-0.25, -0.2) is 9.97 Å². The first-order chi connectivity index (χ1) is 11.1. The predicted octanol–water partition coefficient (Wildman–Crippen LogP) is 4.80. The standard InChI is InChI=1S/C16H13ClIN5/c17-10-1-5-12(6-2-10)22-15-14(19)16(21-9-20-15)23-13-7-3-11(18)4-8-13/h1-9H,19H2,(H2,20,21,22,23). The van der Waals surface area contributed by atoms with Gasteiger partial charge in [-0.1, -0.05) is 11.6 Å². The number of hydrogen-bond acceptors (Lipinski definition) is 5. The fourth-order valence-corrected chi connectivity index (χ4v) is 2.42. The van der Waals surface area contributed by atoms with E-state index in [4.69, 9.17) is 17.3 Å². The second-order valence-corrected chi connectivity index (χ2v) is 6.43. The minimum absolute atomic E-state index is 0.445. The van der Waals surface area contributed by atoms with Crippen LogP contribution in [0, 0.1) is 3.57 Å². The Balaban J connectivity index is 1.83. The highest BCUT2D eigenvalue weighted by Gasteiger charge is 2.08. The van der Waals surface area contributed by atoms with Gasteiger partial charge in [0.25, 0.3) is 0 Å². The summed E-state index contributed by atoms with van der Waals surface area (Å²) in [6, 6.07) is 15.3. The van der Waals surface area contributed by atoms with E-state index in [1.165, 1.54) is 6.33 Å². The first kappa shape index (κ1) is 15.8. The highest BCUT2D eigenvalue weighted by Crippen LogP contribution is 2.28. The molecule has 0 amide bonds. The van der Waals surface area contributed by atoms with Gasteiger partial charge < -0.3 is 16.4 Å². The summed E-state index contributed by atoms with van der Waals surface area (Å²) in [7, 11) is 0. The summed E-state index contributed by atoms with van der Waals surface area (Å²) in [5.74, 6) is 1.09. The molecule has 0 saturated heterocycles. The van der Waals surface area contributed by atoms with E-state index in [0.29, 0.717) is 22.3 Å². The molecule has 116 valence electrons. The van der Waals surface area contributed by atoms with Crippen LogP contribution in [0.3, 0.4) is 0 Å². The van der Waals surface area contributed by atoms with E-state index in [1.54, 1.807) is 12.1 Å². The van der Waals surface area contributed by atoms with Crippen molar-refractivity contribution in [2.45, 2.75) is 0 Å². The summed E-state index contributed by atoms with van der Waals surface area (Å²) in [4.78, 5) is 8.39. The highest BCUT2D eigenvalue weighted by atomic mass is 127. The Kier molecular flexibility index (Phi) is 4.82. The molecule has 0 aliphatic rings. The second kappa shape index (κ2) is 7.01. The van der Waals surface area contributed by atoms with Gasteiger partial charge >= 0.3 is 0 Å². The summed E-state index contributed by atoms with van der Waals surface area (Å²) in [6.45, 7) is 0. The van der Waals surface area contributed by atoms with Crippen LogP contribution in [0.5, 0.6) is 0 Å². The lowest BCUT2D eigenvalue weighted by molar-refractivity contribution is 1.17. The first-order valence-corrected chi connectivity index (χ1v) is 8.23. The Labute approximate surface area is 152 Å². The Morgan fingerprint density at radius 2 is 1.30 bits per heavy atom. The van der Waals surface area contributed by atoms with Crippen molar-refractivity contribution in [3.63, 3.8) is 0 Å². The minimum Gasteiger partial charge on any atom is -0.393 e. The molecule has 0 radical (unpaired) electrons. The Morgan fingerprint density at radius 3 is 1.83 bits per heavy atom. The van der Waals surface area contributed by atoms with Gasteiger partial charge in [-0.3, -0.25) is 0 Å². The maximum atomic E-state index is 6.16. The second-order valence-electron chi connectivity index (χ2n) is 4.75.